The Hall–Kier alpha value is -3.45. The Balaban J connectivity index is 1.35. The Bertz CT molecular complexity index is 1100. The molecule has 1 aliphatic rings. The number of rotatable bonds is 7. The highest BCUT2D eigenvalue weighted by Gasteiger charge is 2.24. The van der Waals surface area contributed by atoms with E-state index in [1.165, 1.54) is 5.56 Å². The van der Waals surface area contributed by atoms with Gasteiger partial charge in [0, 0.05) is 24.3 Å². The number of para-hydroxylation sites is 1. The first kappa shape index (κ1) is 22.7. The van der Waals surface area contributed by atoms with Gasteiger partial charge in [0.05, 0.1) is 25.5 Å². The van der Waals surface area contributed by atoms with Crippen molar-refractivity contribution >= 4 is 11.6 Å². The van der Waals surface area contributed by atoms with E-state index in [1.807, 2.05) is 49.4 Å². The van der Waals surface area contributed by atoms with E-state index in [-0.39, 0.29) is 5.91 Å². The molecule has 1 fully saturated rings. The largest absolute Gasteiger partial charge is 0.493 e. The van der Waals surface area contributed by atoms with Crippen molar-refractivity contribution in [2.75, 3.05) is 32.6 Å². The summed E-state index contributed by atoms with van der Waals surface area (Å²) < 4.78 is 10.8. The lowest BCUT2D eigenvalue weighted by molar-refractivity contribution is 0.102. The van der Waals surface area contributed by atoms with Crippen molar-refractivity contribution in [2.45, 2.75) is 32.2 Å². The number of piperidine rings is 1. The van der Waals surface area contributed by atoms with Gasteiger partial charge in [-0.1, -0.05) is 24.3 Å². The summed E-state index contributed by atoms with van der Waals surface area (Å²) in [5.41, 5.74) is 3.18. The summed E-state index contributed by atoms with van der Waals surface area (Å²) in [6.07, 6.45) is 3.64. The summed E-state index contributed by atoms with van der Waals surface area (Å²) in [5.74, 6) is 2.44. The van der Waals surface area contributed by atoms with Crippen molar-refractivity contribution in [1.29, 1.82) is 0 Å². The number of likely N-dealkylation sites (tertiary alicyclic amines) is 1. The smallest absolute Gasteiger partial charge is 0.259 e. The van der Waals surface area contributed by atoms with Gasteiger partial charge in [-0.2, -0.15) is 0 Å². The number of methoxy groups -OCH3 is 2. The van der Waals surface area contributed by atoms with Crippen LogP contribution in [0.2, 0.25) is 0 Å². The van der Waals surface area contributed by atoms with Gasteiger partial charge in [-0.3, -0.25) is 9.69 Å². The molecule has 4 rings (SSSR count). The molecule has 1 N–H and O–H groups in total. The number of hydrogen-bond donors (Lipinski definition) is 1. The number of aromatic nitrogens is 2. The lowest BCUT2D eigenvalue weighted by Crippen LogP contribution is -2.33. The Morgan fingerprint density at radius 2 is 1.79 bits per heavy atom. The second-order valence-electron chi connectivity index (χ2n) is 8.29. The molecule has 0 spiro atoms. The Morgan fingerprint density at radius 1 is 1.06 bits per heavy atom. The summed E-state index contributed by atoms with van der Waals surface area (Å²) in [5, 5.41) is 2.90. The Labute approximate surface area is 194 Å². The molecule has 2 heterocycles. The van der Waals surface area contributed by atoms with Gasteiger partial charge in [0.1, 0.15) is 5.82 Å². The third-order valence-corrected chi connectivity index (χ3v) is 6.08. The molecule has 1 amide bonds. The molecule has 33 heavy (non-hydrogen) atoms. The molecule has 1 aromatic heterocycles. The number of carbonyl (C=O) groups is 1. The van der Waals surface area contributed by atoms with E-state index >= 15 is 0 Å². The van der Waals surface area contributed by atoms with E-state index in [2.05, 4.69) is 26.3 Å². The normalized spacial score (nSPS) is 14.6. The van der Waals surface area contributed by atoms with Gasteiger partial charge in [0.25, 0.3) is 5.91 Å². The van der Waals surface area contributed by atoms with Crippen LogP contribution in [0.1, 0.15) is 46.2 Å². The van der Waals surface area contributed by atoms with Crippen molar-refractivity contribution < 1.29 is 14.3 Å². The number of benzene rings is 2. The van der Waals surface area contributed by atoms with E-state index < -0.39 is 0 Å². The van der Waals surface area contributed by atoms with Gasteiger partial charge in [0.2, 0.25) is 0 Å². The second kappa shape index (κ2) is 10.4. The molecule has 0 atom stereocenters. The third kappa shape index (κ3) is 5.49. The topological polar surface area (TPSA) is 76.6 Å². The number of nitrogens with zero attached hydrogens (tertiary/aromatic N) is 3. The summed E-state index contributed by atoms with van der Waals surface area (Å²) >= 11 is 0. The van der Waals surface area contributed by atoms with Crippen LogP contribution in [0.15, 0.2) is 54.7 Å². The fourth-order valence-corrected chi connectivity index (χ4v) is 4.21. The van der Waals surface area contributed by atoms with E-state index in [4.69, 9.17) is 9.47 Å². The first-order chi connectivity index (χ1) is 16.1. The van der Waals surface area contributed by atoms with Crippen molar-refractivity contribution in [1.82, 2.24) is 14.9 Å². The summed E-state index contributed by atoms with van der Waals surface area (Å²) in [7, 11) is 3.31. The van der Waals surface area contributed by atoms with Gasteiger partial charge < -0.3 is 14.8 Å². The van der Waals surface area contributed by atoms with Crippen LogP contribution in [-0.4, -0.2) is 48.1 Å². The molecule has 2 aromatic carbocycles. The maximum Gasteiger partial charge on any atom is 0.259 e. The molecule has 0 unspecified atom stereocenters. The highest BCUT2D eigenvalue weighted by molar-refractivity contribution is 6.04. The van der Waals surface area contributed by atoms with Crippen LogP contribution >= 0.6 is 0 Å². The molecule has 3 aromatic rings. The minimum atomic E-state index is -0.185. The number of ether oxygens (including phenoxy) is 2. The van der Waals surface area contributed by atoms with Crippen LogP contribution in [0.3, 0.4) is 0 Å². The minimum absolute atomic E-state index is 0.185. The molecule has 172 valence electrons. The predicted octanol–water partition coefficient (Wildman–Crippen LogP) is 4.43. The summed E-state index contributed by atoms with van der Waals surface area (Å²) in [6.45, 7) is 4.68. The molecule has 1 aliphatic heterocycles. The zero-order valence-electron chi connectivity index (χ0n) is 19.4. The van der Waals surface area contributed by atoms with Gasteiger partial charge in [-0.25, -0.2) is 9.97 Å². The van der Waals surface area contributed by atoms with Gasteiger partial charge in [-0.05, 0) is 62.7 Å². The molecule has 0 bridgehead atoms. The molecular weight excluding hydrogens is 416 g/mol. The van der Waals surface area contributed by atoms with Gasteiger partial charge in [-0.15, -0.1) is 0 Å². The van der Waals surface area contributed by atoms with Crippen LogP contribution in [0.25, 0.3) is 0 Å². The average molecular weight is 447 g/mol. The number of carbonyl (C=O) groups excluding carboxylic acids is 1. The van der Waals surface area contributed by atoms with E-state index in [9.17, 15) is 4.79 Å². The predicted molar refractivity (Wildman–Crippen MR) is 128 cm³/mol. The quantitative estimate of drug-likeness (QED) is 0.578. The van der Waals surface area contributed by atoms with E-state index in [0.717, 1.165) is 55.5 Å². The molecule has 7 heteroatoms. The second-order valence-corrected chi connectivity index (χ2v) is 8.29. The number of nitrogens with one attached hydrogen (secondary N) is 1. The average Bonchev–Trinajstić information content (AvgIpc) is 2.85. The summed E-state index contributed by atoms with van der Waals surface area (Å²) in [4.78, 5) is 24.3. The maximum atomic E-state index is 12.6. The zero-order chi connectivity index (χ0) is 23.2. The molecule has 1 saturated heterocycles. The van der Waals surface area contributed by atoms with Crippen molar-refractivity contribution in [2.24, 2.45) is 0 Å². The minimum Gasteiger partial charge on any atom is -0.493 e. The van der Waals surface area contributed by atoms with E-state index in [0.29, 0.717) is 17.2 Å². The number of amides is 1. The van der Waals surface area contributed by atoms with Gasteiger partial charge in [0.15, 0.2) is 11.5 Å². The SMILES string of the molecule is COc1ccc(CN2CCC(c3ncc(C(=O)Nc4ccccc4)c(C)n3)CC2)cc1OC. The van der Waals surface area contributed by atoms with E-state index in [1.54, 1.807) is 20.4 Å². The monoisotopic (exact) mass is 446 g/mol. The molecule has 0 radical (unpaired) electrons. The number of hydrogen-bond acceptors (Lipinski definition) is 6. The third-order valence-electron chi connectivity index (χ3n) is 6.08. The molecule has 7 nitrogen and oxygen atoms in total. The van der Waals surface area contributed by atoms with Crippen molar-refractivity contribution in [3.05, 3.63) is 77.4 Å². The van der Waals surface area contributed by atoms with Crippen molar-refractivity contribution in [3.63, 3.8) is 0 Å². The van der Waals surface area contributed by atoms with Crippen LogP contribution in [-0.2, 0) is 6.54 Å². The number of aryl methyl sites for hydroxylation is 1. The maximum absolute atomic E-state index is 12.6. The Kier molecular flexibility index (Phi) is 7.19. The molecule has 0 saturated carbocycles. The van der Waals surface area contributed by atoms with Crippen molar-refractivity contribution in [3.8, 4) is 11.5 Å². The zero-order valence-corrected chi connectivity index (χ0v) is 19.4. The van der Waals surface area contributed by atoms with Crippen LogP contribution in [0.5, 0.6) is 11.5 Å². The fraction of sp³-hybridized carbons (Fsp3) is 0.346. The first-order valence-electron chi connectivity index (χ1n) is 11.2. The van der Waals surface area contributed by atoms with Crippen LogP contribution < -0.4 is 14.8 Å². The van der Waals surface area contributed by atoms with Gasteiger partial charge >= 0.3 is 0 Å². The standard InChI is InChI=1S/C26H30N4O3/c1-18-22(26(31)29-21-7-5-4-6-8-21)16-27-25(28-18)20-11-13-30(14-12-20)17-19-9-10-23(32-2)24(15-19)33-3/h4-10,15-16,20H,11-14,17H2,1-3H3,(H,29,31). The molecular formula is C26H30N4O3. The highest BCUT2D eigenvalue weighted by Crippen LogP contribution is 2.30. The lowest BCUT2D eigenvalue weighted by Gasteiger charge is -2.31. The Morgan fingerprint density at radius 3 is 2.45 bits per heavy atom. The fourth-order valence-electron chi connectivity index (χ4n) is 4.21. The summed E-state index contributed by atoms with van der Waals surface area (Å²) in [6, 6.07) is 15.5. The number of anilines is 1. The lowest BCUT2D eigenvalue weighted by atomic mass is 9.95. The first-order valence-corrected chi connectivity index (χ1v) is 11.2. The van der Waals surface area contributed by atoms with Crippen LogP contribution in [0, 0.1) is 6.92 Å². The highest BCUT2D eigenvalue weighted by atomic mass is 16.5. The van der Waals surface area contributed by atoms with Crippen LogP contribution in [0.4, 0.5) is 5.69 Å². The molecule has 0 aliphatic carbocycles.